The highest BCUT2D eigenvalue weighted by Gasteiger charge is 2.07. The van der Waals surface area contributed by atoms with Crippen molar-refractivity contribution in [3.63, 3.8) is 0 Å². The monoisotopic (exact) mass is 470 g/mol. The normalized spacial score (nSPS) is 11.0. The lowest BCUT2D eigenvalue weighted by atomic mass is 10.2. The summed E-state index contributed by atoms with van der Waals surface area (Å²) in [6.07, 6.45) is 11.2. The number of hydrogen-bond donors (Lipinski definition) is 0. The Morgan fingerprint density at radius 3 is 1.31 bits per heavy atom. The molecule has 0 fully saturated rings. The molecule has 0 saturated carbocycles. The fourth-order valence-corrected chi connectivity index (χ4v) is 3.91. The van der Waals surface area contributed by atoms with Crippen LogP contribution in [0.2, 0.25) is 0 Å². The van der Waals surface area contributed by atoms with E-state index in [0.29, 0.717) is 13.1 Å². The third kappa shape index (κ3) is 4.78. The topological polar surface area (TPSA) is 87.2 Å². The first kappa shape index (κ1) is 21.5. The van der Waals surface area contributed by atoms with Crippen molar-refractivity contribution in [2.45, 2.75) is 13.1 Å². The van der Waals surface area contributed by atoms with Crippen LogP contribution < -0.4 is 0 Å². The van der Waals surface area contributed by atoms with Crippen LogP contribution in [0.15, 0.2) is 110 Å². The van der Waals surface area contributed by atoms with E-state index >= 15 is 0 Å². The van der Waals surface area contributed by atoms with E-state index in [-0.39, 0.29) is 0 Å². The van der Waals surface area contributed by atoms with Crippen molar-refractivity contribution in [2.75, 3.05) is 0 Å². The van der Waals surface area contributed by atoms with Crippen molar-refractivity contribution in [1.29, 1.82) is 0 Å². The van der Waals surface area contributed by atoms with Gasteiger partial charge in [-0.2, -0.15) is 10.2 Å². The molecule has 8 heteroatoms. The van der Waals surface area contributed by atoms with E-state index in [1.54, 1.807) is 12.4 Å². The standard InChI is InChI=1S/C28H22N8/c1-3-13-29-23(5-1)27-11-15-35(33-27)19-21-7-9-25(31-17-21)26-10-8-22(18-32-26)20-36-16-12-28(34-36)24-6-2-4-14-30-24/h1-18H,19-20H2. The Balaban J connectivity index is 1.10. The molecule has 174 valence electrons. The Morgan fingerprint density at radius 1 is 0.444 bits per heavy atom. The van der Waals surface area contributed by atoms with Crippen LogP contribution in [0.5, 0.6) is 0 Å². The van der Waals surface area contributed by atoms with Crippen LogP contribution >= 0.6 is 0 Å². The zero-order valence-electron chi connectivity index (χ0n) is 19.4. The molecule has 0 aliphatic rings. The molecule has 0 aliphatic heterocycles. The summed E-state index contributed by atoms with van der Waals surface area (Å²) in [7, 11) is 0. The predicted molar refractivity (Wildman–Crippen MR) is 137 cm³/mol. The molecule has 0 N–H and O–H groups in total. The van der Waals surface area contributed by atoms with Gasteiger partial charge in [0.2, 0.25) is 0 Å². The quantitative estimate of drug-likeness (QED) is 0.334. The number of rotatable bonds is 7. The molecule has 6 aromatic rings. The highest BCUT2D eigenvalue weighted by atomic mass is 15.3. The molecule has 0 unspecified atom stereocenters. The zero-order chi connectivity index (χ0) is 24.2. The summed E-state index contributed by atoms with van der Waals surface area (Å²) in [6.45, 7) is 1.27. The lowest BCUT2D eigenvalue weighted by molar-refractivity contribution is 0.686. The summed E-state index contributed by atoms with van der Waals surface area (Å²) in [5, 5.41) is 9.25. The molecule has 8 nitrogen and oxygen atoms in total. The Labute approximate surface area is 208 Å². The molecule has 0 aromatic carbocycles. The van der Waals surface area contributed by atoms with Crippen LogP contribution in [0, 0.1) is 0 Å². The maximum Gasteiger partial charge on any atom is 0.111 e. The largest absolute Gasteiger partial charge is 0.268 e. The Bertz CT molecular complexity index is 1430. The molecular formula is C28H22N8. The third-order valence-electron chi connectivity index (χ3n) is 5.74. The highest BCUT2D eigenvalue weighted by molar-refractivity contribution is 5.55. The van der Waals surface area contributed by atoms with Crippen LogP contribution in [0.3, 0.4) is 0 Å². The number of hydrogen-bond acceptors (Lipinski definition) is 6. The van der Waals surface area contributed by atoms with Gasteiger partial charge in [-0.05, 0) is 59.7 Å². The van der Waals surface area contributed by atoms with Crippen molar-refractivity contribution in [2.24, 2.45) is 0 Å². The summed E-state index contributed by atoms with van der Waals surface area (Å²) < 4.78 is 3.78. The SMILES string of the molecule is c1ccc(-c2ccn(Cc3ccc(-c4ccc(Cn5ccc(-c6ccccn6)n5)cn4)nc3)n2)nc1. The lowest BCUT2D eigenvalue weighted by Gasteiger charge is -2.06. The molecule has 6 aromatic heterocycles. The molecule has 0 aliphatic carbocycles. The van der Waals surface area contributed by atoms with E-state index in [1.807, 2.05) is 94.8 Å². The second-order valence-corrected chi connectivity index (χ2v) is 8.33. The van der Waals surface area contributed by atoms with Gasteiger partial charge in [-0.3, -0.25) is 29.3 Å². The van der Waals surface area contributed by atoms with Gasteiger partial charge >= 0.3 is 0 Å². The van der Waals surface area contributed by atoms with Gasteiger partial charge in [0.25, 0.3) is 0 Å². The van der Waals surface area contributed by atoms with Crippen LogP contribution in [0.25, 0.3) is 34.2 Å². The second-order valence-electron chi connectivity index (χ2n) is 8.33. The summed E-state index contributed by atoms with van der Waals surface area (Å²) in [4.78, 5) is 18.0. The van der Waals surface area contributed by atoms with Crippen molar-refractivity contribution >= 4 is 0 Å². The van der Waals surface area contributed by atoms with E-state index < -0.39 is 0 Å². The van der Waals surface area contributed by atoms with Gasteiger partial charge in [-0.15, -0.1) is 0 Å². The molecule has 0 amide bonds. The Hall–Kier alpha value is -4.98. The van der Waals surface area contributed by atoms with Gasteiger partial charge in [-0.1, -0.05) is 24.3 Å². The van der Waals surface area contributed by atoms with E-state index in [4.69, 9.17) is 0 Å². The van der Waals surface area contributed by atoms with E-state index in [9.17, 15) is 0 Å². The summed E-state index contributed by atoms with van der Waals surface area (Å²) in [5.74, 6) is 0. The first-order valence-corrected chi connectivity index (χ1v) is 11.6. The molecule has 6 rings (SSSR count). The predicted octanol–water partition coefficient (Wildman–Crippen LogP) is 4.76. The van der Waals surface area contributed by atoms with Crippen LogP contribution in [0.1, 0.15) is 11.1 Å². The van der Waals surface area contributed by atoms with Crippen molar-refractivity contribution < 1.29 is 0 Å². The maximum absolute atomic E-state index is 4.62. The zero-order valence-corrected chi connectivity index (χ0v) is 19.4. The average molecular weight is 471 g/mol. The van der Waals surface area contributed by atoms with Gasteiger partial charge in [0.1, 0.15) is 11.4 Å². The summed E-state index contributed by atoms with van der Waals surface area (Å²) in [5.41, 5.74) is 7.22. The lowest BCUT2D eigenvalue weighted by Crippen LogP contribution is -2.02. The minimum absolute atomic E-state index is 0.636. The van der Waals surface area contributed by atoms with Crippen molar-refractivity contribution in [1.82, 2.24) is 39.5 Å². The van der Waals surface area contributed by atoms with Gasteiger partial charge in [0.15, 0.2) is 0 Å². The first-order chi connectivity index (χ1) is 17.8. The number of nitrogens with zero attached hydrogens (tertiary/aromatic N) is 8. The average Bonchev–Trinajstić information content (AvgIpc) is 3.61. The molecule has 0 bridgehead atoms. The molecule has 0 spiro atoms. The fraction of sp³-hybridized carbons (Fsp3) is 0.0714. The molecule has 6 heterocycles. The molecule has 0 saturated heterocycles. The molecule has 0 atom stereocenters. The Kier molecular flexibility index (Phi) is 5.81. The van der Waals surface area contributed by atoms with Gasteiger partial charge in [0, 0.05) is 37.2 Å². The van der Waals surface area contributed by atoms with Crippen LogP contribution in [-0.4, -0.2) is 39.5 Å². The first-order valence-electron chi connectivity index (χ1n) is 11.6. The van der Waals surface area contributed by atoms with E-state index in [0.717, 1.165) is 45.3 Å². The van der Waals surface area contributed by atoms with Crippen molar-refractivity contribution in [3.8, 4) is 34.2 Å². The van der Waals surface area contributed by atoms with Gasteiger partial charge in [0.05, 0.1) is 35.9 Å². The van der Waals surface area contributed by atoms with E-state index in [2.05, 4.69) is 42.3 Å². The second kappa shape index (κ2) is 9.71. The van der Waals surface area contributed by atoms with Gasteiger partial charge in [-0.25, -0.2) is 0 Å². The van der Waals surface area contributed by atoms with Crippen LogP contribution in [-0.2, 0) is 13.1 Å². The van der Waals surface area contributed by atoms with Gasteiger partial charge < -0.3 is 0 Å². The number of pyridine rings is 4. The third-order valence-corrected chi connectivity index (χ3v) is 5.74. The Morgan fingerprint density at radius 2 is 0.917 bits per heavy atom. The minimum Gasteiger partial charge on any atom is -0.268 e. The summed E-state index contributed by atoms with van der Waals surface area (Å²) in [6, 6.07) is 23.7. The highest BCUT2D eigenvalue weighted by Crippen LogP contribution is 2.18. The minimum atomic E-state index is 0.636. The molecular weight excluding hydrogens is 448 g/mol. The molecule has 0 radical (unpaired) electrons. The maximum atomic E-state index is 4.62. The van der Waals surface area contributed by atoms with E-state index in [1.165, 1.54) is 0 Å². The fourth-order valence-electron chi connectivity index (χ4n) is 3.91. The summed E-state index contributed by atoms with van der Waals surface area (Å²) >= 11 is 0. The molecule has 36 heavy (non-hydrogen) atoms. The van der Waals surface area contributed by atoms with Crippen LogP contribution in [0.4, 0.5) is 0 Å². The smallest absolute Gasteiger partial charge is 0.111 e. The number of aromatic nitrogens is 8. The van der Waals surface area contributed by atoms with Crippen molar-refractivity contribution in [3.05, 3.63) is 121 Å².